The van der Waals surface area contributed by atoms with Crippen LogP contribution in [0.3, 0.4) is 0 Å². The van der Waals surface area contributed by atoms with Crippen LogP contribution in [0, 0.1) is 5.92 Å². The number of aliphatic hydroxyl groups is 1. The third kappa shape index (κ3) is 3.77. The minimum Gasteiger partial charge on any atom is -0.399 e. The molecule has 1 unspecified atom stereocenters. The average Bonchev–Trinajstić information content (AvgIpc) is 2.29. The van der Waals surface area contributed by atoms with Crippen molar-refractivity contribution in [3.63, 3.8) is 0 Å². The zero-order chi connectivity index (χ0) is 13.9. The van der Waals surface area contributed by atoms with Gasteiger partial charge in [0.25, 0.3) is 5.91 Å². The Labute approximate surface area is 116 Å². The molecule has 0 bridgehead atoms. The molecule has 6 heteroatoms. The van der Waals surface area contributed by atoms with Crippen LogP contribution < -0.4 is 11.1 Å². The summed E-state index contributed by atoms with van der Waals surface area (Å²) in [5.74, 6) is -0.348. The summed E-state index contributed by atoms with van der Waals surface area (Å²) in [6.07, 6.45) is -0.607. The standard InChI is InChI=1S/C12H16Cl2N2O2/c1-6(2)10(17)5-16-12(18)8-3-7(15)4-9(13)11(8)14/h3-4,6,10,17H,5,15H2,1-2H3,(H,16,18). The fraction of sp³-hybridized carbons (Fsp3) is 0.417. The van der Waals surface area contributed by atoms with Crippen molar-refractivity contribution in [2.24, 2.45) is 5.92 Å². The maximum absolute atomic E-state index is 11.9. The molecule has 0 aliphatic carbocycles. The van der Waals surface area contributed by atoms with Gasteiger partial charge in [-0.1, -0.05) is 37.0 Å². The second-order valence-corrected chi connectivity index (χ2v) is 5.17. The Morgan fingerprint density at radius 2 is 2.06 bits per heavy atom. The maximum Gasteiger partial charge on any atom is 0.253 e. The Morgan fingerprint density at radius 1 is 1.44 bits per heavy atom. The van der Waals surface area contributed by atoms with Crippen LogP contribution in [0.2, 0.25) is 10.0 Å². The van der Waals surface area contributed by atoms with Crippen LogP contribution in [0.15, 0.2) is 12.1 Å². The topological polar surface area (TPSA) is 75.3 Å². The Balaban J connectivity index is 2.79. The lowest BCUT2D eigenvalue weighted by molar-refractivity contribution is 0.0872. The monoisotopic (exact) mass is 290 g/mol. The molecule has 0 spiro atoms. The number of hydrogen-bond acceptors (Lipinski definition) is 3. The minimum absolute atomic E-state index is 0.0604. The fourth-order valence-electron chi connectivity index (χ4n) is 1.30. The van der Waals surface area contributed by atoms with Gasteiger partial charge in [-0.3, -0.25) is 4.79 Å². The number of aliphatic hydroxyl groups excluding tert-OH is 1. The maximum atomic E-state index is 11.9. The molecule has 1 atom stereocenters. The summed E-state index contributed by atoms with van der Waals surface area (Å²) in [4.78, 5) is 11.9. The van der Waals surface area contributed by atoms with Crippen molar-refractivity contribution in [2.75, 3.05) is 12.3 Å². The van der Waals surface area contributed by atoms with Gasteiger partial charge in [0, 0.05) is 12.2 Å². The first-order valence-electron chi connectivity index (χ1n) is 5.53. The van der Waals surface area contributed by atoms with Crippen molar-refractivity contribution in [1.82, 2.24) is 5.32 Å². The number of amides is 1. The lowest BCUT2D eigenvalue weighted by Crippen LogP contribution is -2.34. The Kier molecular flexibility index (Phi) is 5.26. The van der Waals surface area contributed by atoms with E-state index < -0.39 is 12.0 Å². The summed E-state index contributed by atoms with van der Waals surface area (Å²) in [5, 5.41) is 12.6. The molecule has 0 radical (unpaired) electrons. The third-order valence-electron chi connectivity index (χ3n) is 2.54. The highest BCUT2D eigenvalue weighted by Gasteiger charge is 2.16. The van der Waals surface area contributed by atoms with Gasteiger partial charge >= 0.3 is 0 Å². The van der Waals surface area contributed by atoms with Gasteiger partial charge in [-0.25, -0.2) is 0 Å². The van der Waals surface area contributed by atoms with Crippen LogP contribution in [0.25, 0.3) is 0 Å². The molecule has 0 aliphatic heterocycles. The van der Waals surface area contributed by atoms with Gasteiger partial charge in [0.15, 0.2) is 0 Å². The lowest BCUT2D eigenvalue weighted by Gasteiger charge is -2.15. The number of nitrogens with two attached hydrogens (primary N) is 1. The van der Waals surface area contributed by atoms with Crippen LogP contribution in [-0.2, 0) is 0 Å². The molecule has 0 heterocycles. The fourth-order valence-corrected chi connectivity index (χ4v) is 1.73. The van der Waals surface area contributed by atoms with E-state index in [0.29, 0.717) is 5.69 Å². The number of benzene rings is 1. The summed E-state index contributed by atoms with van der Waals surface area (Å²) >= 11 is 11.8. The summed E-state index contributed by atoms with van der Waals surface area (Å²) < 4.78 is 0. The summed E-state index contributed by atoms with van der Waals surface area (Å²) in [6, 6.07) is 2.93. The molecule has 1 amide bonds. The van der Waals surface area contributed by atoms with Gasteiger partial charge in [0.1, 0.15) is 0 Å². The Hall–Kier alpha value is -0.970. The zero-order valence-corrected chi connectivity index (χ0v) is 11.7. The summed E-state index contributed by atoms with van der Waals surface area (Å²) in [5.41, 5.74) is 6.16. The quantitative estimate of drug-likeness (QED) is 0.745. The molecule has 0 saturated carbocycles. The number of halogens is 2. The van der Waals surface area contributed by atoms with Crippen molar-refractivity contribution in [1.29, 1.82) is 0 Å². The average molecular weight is 291 g/mol. The highest BCUT2D eigenvalue weighted by atomic mass is 35.5. The van der Waals surface area contributed by atoms with E-state index in [1.54, 1.807) is 0 Å². The summed E-state index contributed by atoms with van der Waals surface area (Å²) in [6.45, 7) is 3.88. The van der Waals surface area contributed by atoms with Gasteiger partial charge in [-0.2, -0.15) is 0 Å². The molecule has 0 aliphatic rings. The largest absolute Gasteiger partial charge is 0.399 e. The van der Waals surface area contributed by atoms with E-state index in [0.717, 1.165) is 0 Å². The van der Waals surface area contributed by atoms with Crippen molar-refractivity contribution in [2.45, 2.75) is 20.0 Å². The van der Waals surface area contributed by atoms with Crippen molar-refractivity contribution in [3.05, 3.63) is 27.7 Å². The van der Waals surface area contributed by atoms with Gasteiger partial charge in [0.2, 0.25) is 0 Å². The van der Waals surface area contributed by atoms with Crippen molar-refractivity contribution in [3.8, 4) is 0 Å². The summed E-state index contributed by atoms with van der Waals surface area (Å²) in [7, 11) is 0. The van der Waals surface area contributed by atoms with Gasteiger partial charge in [-0.15, -0.1) is 0 Å². The highest BCUT2D eigenvalue weighted by Crippen LogP contribution is 2.28. The molecular formula is C12H16Cl2N2O2. The van der Waals surface area contributed by atoms with E-state index in [1.807, 2.05) is 13.8 Å². The molecule has 100 valence electrons. The number of anilines is 1. The van der Waals surface area contributed by atoms with Gasteiger partial charge in [-0.05, 0) is 18.1 Å². The number of carbonyl (C=O) groups excluding carboxylic acids is 1. The lowest BCUT2D eigenvalue weighted by atomic mass is 10.1. The van der Waals surface area contributed by atoms with E-state index in [2.05, 4.69) is 5.32 Å². The zero-order valence-electron chi connectivity index (χ0n) is 10.2. The molecule has 18 heavy (non-hydrogen) atoms. The van der Waals surface area contributed by atoms with E-state index in [-0.39, 0.29) is 28.1 Å². The first-order valence-corrected chi connectivity index (χ1v) is 6.29. The first kappa shape index (κ1) is 15.1. The van der Waals surface area contributed by atoms with Crippen LogP contribution in [0.5, 0.6) is 0 Å². The Bertz CT molecular complexity index is 450. The van der Waals surface area contributed by atoms with Crippen LogP contribution >= 0.6 is 23.2 Å². The van der Waals surface area contributed by atoms with E-state index >= 15 is 0 Å². The number of rotatable bonds is 4. The van der Waals surface area contributed by atoms with Crippen LogP contribution in [-0.4, -0.2) is 23.7 Å². The smallest absolute Gasteiger partial charge is 0.253 e. The van der Waals surface area contributed by atoms with Gasteiger partial charge in [0.05, 0.1) is 21.7 Å². The molecule has 0 saturated heterocycles. The molecule has 4 N–H and O–H groups in total. The molecule has 0 aromatic heterocycles. The predicted molar refractivity (Wildman–Crippen MR) is 74.1 cm³/mol. The predicted octanol–water partition coefficient (Wildman–Crippen LogP) is 2.32. The number of carbonyl (C=O) groups is 1. The second-order valence-electron chi connectivity index (χ2n) is 4.39. The van der Waals surface area contributed by atoms with Crippen LogP contribution in [0.4, 0.5) is 5.69 Å². The number of hydrogen-bond donors (Lipinski definition) is 3. The minimum atomic E-state index is -0.607. The normalized spacial score (nSPS) is 12.6. The molecule has 4 nitrogen and oxygen atoms in total. The molecule has 0 fully saturated rings. The van der Waals surface area contributed by atoms with Gasteiger partial charge < -0.3 is 16.2 Å². The van der Waals surface area contributed by atoms with Crippen molar-refractivity contribution >= 4 is 34.8 Å². The second kappa shape index (κ2) is 6.27. The van der Waals surface area contributed by atoms with Crippen molar-refractivity contribution < 1.29 is 9.90 Å². The molecule has 1 rings (SSSR count). The number of nitrogen functional groups attached to an aromatic ring is 1. The highest BCUT2D eigenvalue weighted by molar-refractivity contribution is 6.44. The molecular weight excluding hydrogens is 275 g/mol. The number of nitrogens with one attached hydrogen (secondary N) is 1. The molecule has 1 aromatic carbocycles. The van der Waals surface area contributed by atoms with E-state index in [4.69, 9.17) is 28.9 Å². The van der Waals surface area contributed by atoms with Crippen LogP contribution in [0.1, 0.15) is 24.2 Å². The molecule has 1 aromatic rings. The Morgan fingerprint density at radius 3 is 2.61 bits per heavy atom. The third-order valence-corrected chi connectivity index (χ3v) is 3.34. The SMILES string of the molecule is CC(C)C(O)CNC(=O)c1cc(N)cc(Cl)c1Cl. The van der Waals surface area contributed by atoms with E-state index in [1.165, 1.54) is 12.1 Å². The first-order chi connectivity index (χ1) is 8.32. The van der Waals surface area contributed by atoms with E-state index in [9.17, 15) is 9.90 Å².